The highest BCUT2D eigenvalue weighted by Gasteiger charge is 2.33. The van der Waals surface area contributed by atoms with Gasteiger partial charge in [0, 0.05) is 62.3 Å². The highest BCUT2D eigenvalue weighted by atomic mass is 15.2. The Balaban J connectivity index is 1.52. The first kappa shape index (κ1) is 13.0. The molecule has 116 valence electrons. The van der Waals surface area contributed by atoms with E-state index >= 15 is 0 Å². The van der Waals surface area contributed by atoms with E-state index in [1.54, 1.807) is 5.56 Å². The summed E-state index contributed by atoms with van der Waals surface area (Å²) in [6.07, 6.45) is 2.67. The molecule has 0 aliphatic carbocycles. The second-order valence-electron chi connectivity index (χ2n) is 7.05. The van der Waals surface area contributed by atoms with Gasteiger partial charge in [-0.3, -0.25) is 4.90 Å². The molecule has 2 saturated heterocycles. The quantitative estimate of drug-likeness (QED) is 0.892. The summed E-state index contributed by atoms with van der Waals surface area (Å²) in [5.41, 5.74) is 4.40. The van der Waals surface area contributed by atoms with Gasteiger partial charge in [-0.2, -0.15) is 0 Å². The summed E-state index contributed by atoms with van der Waals surface area (Å²) in [4.78, 5) is 8.79. The van der Waals surface area contributed by atoms with E-state index in [1.807, 2.05) is 0 Å². The second-order valence-corrected chi connectivity index (χ2v) is 7.05. The van der Waals surface area contributed by atoms with Crippen molar-refractivity contribution in [3.63, 3.8) is 0 Å². The van der Waals surface area contributed by atoms with Crippen molar-refractivity contribution < 1.29 is 0 Å². The van der Waals surface area contributed by atoms with Gasteiger partial charge in [-0.1, -0.05) is 6.07 Å². The van der Waals surface area contributed by atoms with Crippen molar-refractivity contribution in [2.75, 3.05) is 44.2 Å². The highest BCUT2D eigenvalue weighted by Crippen LogP contribution is 2.45. The number of nitrogens with one attached hydrogen (secondary N) is 2. The maximum absolute atomic E-state index is 3.68. The van der Waals surface area contributed by atoms with E-state index in [2.05, 4.69) is 38.3 Å². The van der Waals surface area contributed by atoms with Crippen LogP contribution in [0.2, 0.25) is 0 Å². The van der Waals surface area contributed by atoms with Crippen LogP contribution in [-0.4, -0.2) is 49.2 Å². The number of piperazine rings is 1. The van der Waals surface area contributed by atoms with Crippen molar-refractivity contribution in [3.05, 3.63) is 29.3 Å². The van der Waals surface area contributed by atoms with Gasteiger partial charge in [0.05, 0.1) is 0 Å². The van der Waals surface area contributed by atoms with Crippen LogP contribution in [0.1, 0.15) is 29.9 Å². The molecule has 0 atom stereocenters. The number of piperidine rings is 1. The Kier molecular flexibility index (Phi) is 2.95. The largest absolute Gasteiger partial charge is 0.358 e. The van der Waals surface area contributed by atoms with Crippen LogP contribution < -0.4 is 10.2 Å². The van der Waals surface area contributed by atoms with Gasteiger partial charge in [0.15, 0.2) is 0 Å². The summed E-state index contributed by atoms with van der Waals surface area (Å²) in [7, 11) is 0. The minimum absolute atomic E-state index is 0.781. The van der Waals surface area contributed by atoms with E-state index in [9.17, 15) is 0 Å². The average molecular weight is 296 g/mol. The van der Waals surface area contributed by atoms with E-state index in [4.69, 9.17) is 0 Å². The molecule has 5 heterocycles. The molecule has 4 aliphatic heterocycles. The van der Waals surface area contributed by atoms with Crippen molar-refractivity contribution in [1.82, 2.24) is 15.2 Å². The molecule has 0 unspecified atom stereocenters. The molecular formula is C18H24N4. The smallest absolute Gasteiger partial charge is 0.110 e. The van der Waals surface area contributed by atoms with Crippen molar-refractivity contribution in [2.24, 2.45) is 0 Å². The number of anilines is 1. The predicted molar refractivity (Wildman–Crippen MR) is 90.6 cm³/mol. The molecule has 1 aromatic carbocycles. The fourth-order valence-electron chi connectivity index (χ4n) is 4.53. The number of aromatic nitrogens is 1. The number of hydrogen-bond donors (Lipinski definition) is 2. The number of H-pyrrole nitrogens is 1. The molecule has 4 aliphatic rings. The van der Waals surface area contributed by atoms with Crippen LogP contribution in [0, 0.1) is 0 Å². The maximum atomic E-state index is 3.68. The Morgan fingerprint density at radius 3 is 2.68 bits per heavy atom. The predicted octanol–water partition coefficient (Wildman–Crippen LogP) is 2.27. The van der Waals surface area contributed by atoms with Crippen molar-refractivity contribution >= 4 is 16.7 Å². The Morgan fingerprint density at radius 1 is 1.05 bits per heavy atom. The third kappa shape index (κ3) is 1.97. The van der Waals surface area contributed by atoms with E-state index < -0.39 is 0 Å². The fourth-order valence-corrected chi connectivity index (χ4v) is 4.53. The molecule has 4 nitrogen and oxygen atoms in total. The minimum atomic E-state index is 0.781. The third-order valence-corrected chi connectivity index (χ3v) is 5.72. The van der Waals surface area contributed by atoms with E-state index in [0.717, 1.165) is 25.6 Å². The molecule has 0 saturated carbocycles. The van der Waals surface area contributed by atoms with Gasteiger partial charge in [0.1, 0.15) is 5.82 Å². The number of hydrogen-bond acceptors (Lipinski definition) is 3. The number of rotatable bonds is 2. The molecule has 0 amide bonds. The Labute approximate surface area is 131 Å². The van der Waals surface area contributed by atoms with E-state index in [1.165, 1.54) is 61.3 Å². The van der Waals surface area contributed by atoms with Crippen LogP contribution in [0.25, 0.3) is 10.9 Å². The standard InChI is InChI=1S/C18H24N4/c1-2-16-15(11-13(1)12-21-9-5-19-6-10-21)17-14-3-7-22(8-4-14)18(17)20-16/h1-2,11,14,19-20H,3-10,12H2. The van der Waals surface area contributed by atoms with Gasteiger partial charge in [0.2, 0.25) is 0 Å². The number of nitrogens with zero attached hydrogens (tertiary/aromatic N) is 2. The van der Waals surface area contributed by atoms with E-state index in [-0.39, 0.29) is 0 Å². The van der Waals surface area contributed by atoms with Crippen molar-refractivity contribution in [1.29, 1.82) is 0 Å². The molecule has 6 rings (SSSR count). The molecule has 2 bridgehead atoms. The van der Waals surface area contributed by atoms with E-state index in [0.29, 0.717) is 0 Å². The van der Waals surface area contributed by atoms with Crippen LogP contribution in [0.3, 0.4) is 0 Å². The van der Waals surface area contributed by atoms with Crippen LogP contribution in [-0.2, 0) is 6.54 Å². The zero-order valence-corrected chi connectivity index (χ0v) is 13.1. The normalized spacial score (nSPS) is 22.5. The van der Waals surface area contributed by atoms with Gasteiger partial charge in [-0.05, 0) is 36.5 Å². The lowest BCUT2D eigenvalue weighted by molar-refractivity contribution is 0.233. The molecule has 2 aromatic rings. The molecular weight excluding hydrogens is 272 g/mol. The summed E-state index contributed by atoms with van der Waals surface area (Å²) in [5, 5.41) is 4.92. The van der Waals surface area contributed by atoms with Crippen LogP contribution in [0.15, 0.2) is 18.2 Å². The summed E-state index contributed by atoms with van der Waals surface area (Å²) in [6.45, 7) is 8.14. The van der Waals surface area contributed by atoms with Crippen LogP contribution >= 0.6 is 0 Å². The number of fused-ring (bicyclic) bond motifs is 3. The lowest BCUT2D eigenvalue weighted by atomic mass is 9.84. The Morgan fingerprint density at radius 2 is 1.86 bits per heavy atom. The van der Waals surface area contributed by atoms with Crippen LogP contribution in [0.5, 0.6) is 0 Å². The third-order valence-electron chi connectivity index (χ3n) is 5.72. The molecule has 0 spiro atoms. The Bertz CT molecular complexity index is 690. The van der Waals surface area contributed by atoms with Gasteiger partial charge in [0.25, 0.3) is 0 Å². The molecule has 0 radical (unpaired) electrons. The first-order valence-electron chi connectivity index (χ1n) is 8.71. The second kappa shape index (κ2) is 5.00. The lowest BCUT2D eigenvalue weighted by Gasteiger charge is -2.40. The first-order valence-corrected chi connectivity index (χ1v) is 8.71. The minimum Gasteiger partial charge on any atom is -0.358 e. The van der Waals surface area contributed by atoms with Crippen molar-refractivity contribution in [3.8, 4) is 0 Å². The average Bonchev–Trinajstić information content (AvgIpc) is 2.98. The molecule has 2 N–H and O–H groups in total. The fraction of sp³-hybridized carbons (Fsp3) is 0.556. The highest BCUT2D eigenvalue weighted by molar-refractivity contribution is 5.91. The summed E-state index contributed by atoms with van der Waals surface area (Å²) in [6, 6.07) is 7.06. The van der Waals surface area contributed by atoms with Crippen LogP contribution in [0.4, 0.5) is 5.82 Å². The van der Waals surface area contributed by atoms with Gasteiger partial charge in [-0.25, -0.2) is 0 Å². The zero-order valence-electron chi connectivity index (χ0n) is 13.1. The summed E-state index contributed by atoms with van der Waals surface area (Å²) >= 11 is 0. The van der Waals surface area contributed by atoms with Gasteiger partial charge < -0.3 is 15.2 Å². The zero-order chi connectivity index (χ0) is 14.5. The molecule has 1 aromatic heterocycles. The van der Waals surface area contributed by atoms with Crippen molar-refractivity contribution in [2.45, 2.75) is 25.3 Å². The summed E-state index contributed by atoms with van der Waals surface area (Å²) in [5.74, 6) is 2.19. The Hall–Kier alpha value is -1.52. The topological polar surface area (TPSA) is 34.3 Å². The SMILES string of the molecule is c1cc2[nH]c3c(c2cc1CN1CCNCC1)C1CCN3CC1. The lowest BCUT2D eigenvalue weighted by Crippen LogP contribution is -2.42. The number of aromatic amines is 1. The first-order chi connectivity index (χ1) is 10.9. The molecule has 4 heteroatoms. The summed E-state index contributed by atoms with van der Waals surface area (Å²) < 4.78 is 0. The molecule has 22 heavy (non-hydrogen) atoms. The number of benzene rings is 1. The van der Waals surface area contributed by atoms with Gasteiger partial charge >= 0.3 is 0 Å². The van der Waals surface area contributed by atoms with Gasteiger partial charge in [-0.15, -0.1) is 0 Å². The monoisotopic (exact) mass is 296 g/mol. The molecule has 2 fully saturated rings. The maximum Gasteiger partial charge on any atom is 0.110 e.